The first-order valence-corrected chi connectivity index (χ1v) is 9.03. The number of hydrogen-bond donors (Lipinski definition) is 1. The molecule has 3 nitrogen and oxygen atoms in total. The molecule has 0 spiro atoms. The van der Waals surface area contributed by atoms with Gasteiger partial charge in [-0.05, 0) is 63.0 Å². The summed E-state index contributed by atoms with van der Waals surface area (Å²) in [5.41, 5.74) is 1.80. The fourth-order valence-electron chi connectivity index (χ4n) is 2.02. The van der Waals surface area contributed by atoms with Crippen LogP contribution in [-0.4, -0.2) is 16.5 Å². The zero-order chi connectivity index (χ0) is 15.0. The zero-order valence-corrected chi connectivity index (χ0v) is 15.7. The molecule has 3 rings (SSSR count). The number of aromatic nitrogens is 2. The maximum absolute atomic E-state index is 6.09. The third kappa shape index (κ3) is 3.08. The van der Waals surface area contributed by atoms with Crippen molar-refractivity contribution in [2.75, 3.05) is 11.9 Å². The van der Waals surface area contributed by atoms with Crippen LogP contribution >= 0.6 is 54.8 Å². The van der Waals surface area contributed by atoms with Gasteiger partial charge in [-0.25, -0.2) is 9.97 Å². The molecule has 0 saturated carbocycles. The fourth-order valence-corrected chi connectivity index (χ4v) is 4.97. The predicted molar refractivity (Wildman–Crippen MR) is 97.4 cm³/mol. The SMILES string of the molecule is CCNc1nc(-c2cc(Br)sc2Br)nc2cc(Cl)ccc12. The van der Waals surface area contributed by atoms with Gasteiger partial charge < -0.3 is 5.32 Å². The molecule has 0 radical (unpaired) electrons. The highest BCUT2D eigenvalue weighted by molar-refractivity contribution is 9.12. The minimum Gasteiger partial charge on any atom is -0.370 e. The van der Waals surface area contributed by atoms with E-state index in [0.29, 0.717) is 10.8 Å². The quantitative estimate of drug-likeness (QED) is 0.538. The number of anilines is 1. The van der Waals surface area contributed by atoms with Crippen LogP contribution in [0.3, 0.4) is 0 Å². The van der Waals surface area contributed by atoms with Gasteiger partial charge >= 0.3 is 0 Å². The third-order valence-corrected chi connectivity index (χ3v) is 5.48. The first-order chi connectivity index (χ1) is 10.1. The molecule has 3 aromatic rings. The molecule has 1 N–H and O–H groups in total. The first kappa shape index (κ1) is 15.2. The van der Waals surface area contributed by atoms with Crippen molar-refractivity contribution in [1.82, 2.24) is 9.97 Å². The molecule has 0 bridgehead atoms. The van der Waals surface area contributed by atoms with Crippen molar-refractivity contribution < 1.29 is 0 Å². The van der Waals surface area contributed by atoms with Crippen LogP contribution in [0.5, 0.6) is 0 Å². The van der Waals surface area contributed by atoms with Crippen molar-refractivity contribution in [2.45, 2.75) is 6.92 Å². The monoisotopic (exact) mass is 445 g/mol. The smallest absolute Gasteiger partial charge is 0.164 e. The molecule has 2 aromatic heterocycles. The van der Waals surface area contributed by atoms with Gasteiger partial charge in [-0.1, -0.05) is 11.6 Å². The summed E-state index contributed by atoms with van der Waals surface area (Å²) in [4.78, 5) is 9.30. The Morgan fingerprint density at radius 3 is 2.71 bits per heavy atom. The van der Waals surface area contributed by atoms with Gasteiger partial charge in [-0.15, -0.1) is 11.3 Å². The number of fused-ring (bicyclic) bond motifs is 1. The highest BCUT2D eigenvalue weighted by Crippen LogP contribution is 2.38. The number of halogens is 3. The average Bonchev–Trinajstić information content (AvgIpc) is 2.77. The Hall–Kier alpha value is -0.690. The van der Waals surface area contributed by atoms with Crippen LogP contribution < -0.4 is 5.32 Å². The molecule has 0 amide bonds. The van der Waals surface area contributed by atoms with Gasteiger partial charge in [0.05, 0.1) is 13.1 Å². The summed E-state index contributed by atoms with van der Waals surface area (Å²) < 4.78 is 2.03. The maximum atomic E-state index is 6.09. The standard InChI is InChI=1S/C14H10Br2ClN3S/c1-2-18-13-8-4-3-7(17)5-10(8)19-14(20-13)9-6-11(15)21-12(9)16/h3-6H,2H2,1H3,(H,18,19,20). The molecule has 0 aliphatic rings. The molecule has 108 valence electrons. The van der Waals surface area contributed by atoms with E-state index < -0.39 is 0 Å². The van der Waals surface area contributed by atoms with Crippen LogP contribution in [0.1, 0.15) is 6.92 Å². The van der Waals surface area contributed by atoms with Crippen LogP contribution in [0.25, 0.3) is 22.3 Å². The van der Waals surface area contributed by atoms with Gasteiger partial charge in [0.25, 0.3) is 0 Å². The van der Waals surface area contributed by atoms with Crippen molar-refractivity contribution >= 4 is 71.5 Å². The van der Waals surface area contributed by atoms with Gasteiger partial charge in [0.15, 0.2) is 5.82 Å². The molecule has 7 heteroatoms. The molecule has 0 atom stereocenters. The molecule has 0 unspecified atom stereocenters. The minimum atomic E-state index is 0.667. The first-order valence-electron chi connectivity index (χ1n) is 6.25. The van der Waals surface area contributed by atoms with Crippen LogP contribution in [0.4, 0.5) is 5.82 Å². The zero-order valence-electron chi connectivity index (χ0n) is 11.0. The van der Waals surface area contributed by atoms with E-state index in [2.05, 4.69) is 47.1 Å². The molecule has 21 heavy (non-hydrogen) atoms. The van der Waals surface area contributed by atoms with E-state index in [1.54, 1.807) is 11.3 Å². The van der Waals surface area contributed by atoms with E-state index >= 15 is 0 Å². The molecule has 0 aliphatic heterocycles. The van der Waals surface area contributed by atoms with E-state index in [1.807, 2.05) is 31.2 Å². The van der Waals surface area contributed by atoms with Gasteiger partial charge in [-0.2, -0.15) is 0 Å². The normalized spacial score (nSPS) is 11.0. The van der Waals surface area contributed by atoms with Gasteiger partial charge in [0, 0.05) is 22.5 Å². The lowest BCUT2D eigenvalue weighted by atomic mass is 10.2. The number of rotatable bonds is 3. The number of nitrogens with zero attached hydrogens (tertiary/aromatic N) is 2. The maximum Gasteiger partial charge on any atom is 0.164 e. The van der Waals surface area contributed by atoms with Crippen LogP contribution in [-0.2, 0) is 0 Å². The van der Waals surface area contributed by atoms with Crippen LogP contribution in [0, 0.1) is 0 Å². The largest absolute Gasteiger partial charge is 0.370 e. The lowest BCUT2D eigenvalue weighted by molar-refractivity contribution is 1.15. The second-order valence-electron chi connectivity index (χ2n) is 4.33. The van der Waals surface area contributed by atoms with Crippen LogP contribution in [0.15, 0.2) is 31.8 Å². The third-order valence-electron chi connectivity index (χ3n) is 2.90. The molecule has 1 aromatic carbocycles. The van der Waals surface area contributed by atoms with E-state index in [4.69, 9.17) is 11.6 Å². The Kier molecular flexibility index (Phi) is 4.49. The van der Waals surface area contributed by atoms with E-state index in [1.165, 1.54) is 0 Å². The van der Waals surface area contributed by atoms with Crippen LogP contribution in [0.2, 0.25) is 5.02 Å². The van der Waals surface area contributed by atoms with Gasteiger partial charge in [-0.3, -0.25) is 0 Å². The van der Waals surface area contributed by atoms with E-state index in [0.717, 1.165) is 36.4 Å². The van der Waals surface area contributed by atoms with Crippen molar-refractivity contribution in [3.05, 3.63) is 36.9 Å². The summed E-state index contributed by atoms with van der Waals surface area (Å²) in [5.74, 6) is 1.50. The summed E-state index contributed by atoms with van der Waals surface area (Å²) in [6, 6.07) is 7.66. The van der Waals surface area contributed by atoms with E-state index in [9.17, 15) is 0 Å². The van der Waals surface area contributed by atoms with Crippen molar-refractivity contribution in [3.63, 3.8) is 0 Å². The van der Waals surface area contributed by atoms with Crippen molar-refractivity contribution in [3.8, 4) is 11.4 Å². The Labute approximate surface area is 148 Å². The predicted octanol–water partition coefficient (Wildman–Crippen LogP) is 5.97. The summed E-state index contributed by atoms with van der Waals surface area (Å²) in [5, 5.41) is 4.92. The van der Waals surface area contributed by atoms with Gasteiger partial charge in [0.1, 0.15) is 5.82 Å². The highest BCUT2D eigenvalue weighted by atomic mass is 79.9. The molecule has 2 heterocycles. The Morgan fingerprint density at radius 1 is 1.24 bits per heavy atom. The second kappa shape index (κ2) is 6.20. The summed E-state index contributed by atoms with van der Waals surface area (Å²) in [6.45, 7) is 2.84. The highest BCUT2D eigenvalue weighted by Gasteiger charge is 2.14. The Morgan fingerprint density at radius 2 is 2.05 bits per heavy atom. The lowest BCUT2D eigenvalue weighted by Crippen LogP contribution is -2.02. The van der Waals surface area contributed by atoms with E-state index in [-0.39, 0.29) is 0 Å². The Balaban J connectivity index is 2.26. The Bertz CT molecular complexity index is 819. The summed E-state index contributed by atoms with van der Waals surface area (Å²) in [6.07, 6.45) is 0. The minimum absolute atomic E-state index is 0.667. The topological polar surface area (TPSA) is 37.8 Å². The van der Waals surface area contributed by atoms with Crippen molar-refractivity contribution in [2.24, 2.45) is 0 Å². The molecule has 0 saturated heterocycles. The summed E-state index contributed by atoms with van der Waals surface area (Å²) in [7, 11) is 0. The molecule has 0 aliphatic carbocycles. The molecular formula is C14H10Br2ClN3S. The second-order valence-corrected chi connectivity index (χ2v) is 8.51. The molecule has 0 fully saturated rings. The lowest BCUT2D eigenvalue weighted by Gasteiger charge is -2.09. The number of benzene rings is 1. The molecular weight excluding hydrogens is 438 g/mol. The van der Waals surface area contributed by atoms with Gasteiger partial charge in [0.2, 0.25) is 0 Å². The number of thiophene rings is 1. The number of nitrogens with one attached hydrogen (secondary N) is 1. The number of hydrogen-bond acceptors (Lipinski definition) is 4. The summed E-state index contributed by atoms with van der Waals surface area (Å²) >= 11 is 14.7. The van der Waals surface area contributed by atoms with Crippen molar-refractivity contribution in [1.29, 1.82) is 0 Å². The average molecular weight is 448 g/mol. The fraction of sp³-hybridized carbons (Fsp3) is 0.143.